The van der Waals surface area contributed by atoms with Gasteiger partial charge in [-0.1, -0.05) is 97.6 Å². The van der Waals surface area contributed by atoms with Gasteiger partial charge >= 0.3 is 0 Å². The van der Waals surface area contributed by atoms with Crippen molar-refractivity contribution >= 4 is 57.3 Å². The normalized spacial score (nSPS) is 18.0. The number of thiazole rings is 1. The van der Waals surface area contributed by atoms with Crippen molar-refractivity contribution in [3.63, 3.8) is 0 Å². The molecule has 15 heteroatoms. The highest BCUT2D eigenvalue weighted by atomic mass is 32.1. The molecule has 0 spiro atoms. The minimum absolute atomic E-state index is 0.0154. The van der Waals surface area contributed by atoms with Crippen LogP contribution in [-0.4, -0.2) is 93.3 Å². The Morgan fingerprint density at radius 1 is 0.959 bits per heavy atom. The molecule has 8 rings (SSSR count). The highest BCUT2D eigenvalue weighted by Gasteiger charge is 2.45. The van der Waals surface area contributed by atoms with Crippen LogP contribution in [0.2, 0.25) is 0 Å². The number of carbonyl (C=O) groups excluding carboxylic acids is 5. The van der Waals surface area contributed by atoms with E-state index in [0.29, 0.717) is 24.0 Å². The van der Waals surface area contributed by atoms with Gasteiger partial charge in [0.2, 0.25) is 23.6 Å². The number of rotatable bonds is 18. The molecular weight excluding hydrogens is 937 g/mol. The smallest absolute Gasteiger partial charge is 0.246 e. The third-order valence-electron chi connectivity index (χ3n) is 15.3. The van der Waals surface area contributed by atoms with Gasteiger partial charge < -0.3 is 35.8 Å². The number of carbonyl (C=O) groups is 5. The van der Waals surface area contributed by atoms with E-state index in [1.54, 1.807) is 17.4 Å². The summed E-state index contributed by atoms with van der Waals surface area (Å²) < 4.78 is 0. The van der Waals surface area contributed by atoms with Crippen LogP contribution in [-0.2, 0) is 37.6 Å². The van der Waals surface area contributed by atoms with Crippen LogP contribution in [0.5, 0.6) is 0 Å². The summed E-state index contributed by atoms with van der Waals surface area (Å²) in [6, 6.07) is 18.3. The summed E-state index contributed by atoms with van der Waals surface area (Å²) in [4.78, 5) is 80.7. The number of likely N-dealkylation sites (tertiary alicyclic amines) is 1. The number of amides is 4. The lowest BCUT2D eigenvalue weighted by Gasteiger charge is -2.38. The number of aliphatic hydroxyl groups is 1. The molecule has 4 heterocycles. The number of nitriles is 1. The number of fused-ring (bicyclic) bond motifs is 4. The topological polar surface area (TPSA) is 201 Å². The Labute approximate surface area is 433 Å². The van der Waals surface area contributed by atoms with Gasteiger partial charge in [0.15, 0.2) is 5.78 Å². The van der Waals surface area contributed by atoms with Crippen molar-refractivity contribution < 1.29 is 29.1 Å². The molecule has 73 heavy (non-hydrogen) atoms. The van der Waals surface area contributed by atoms with Crippen LogP contribution in [0.4, 0.5) is 5.69 Å². The number of nitrogens with one attached hydrogen (secondary N) is 4. The molecule has 2 saturated heterocycles. The zero-order valence-electron chi connectivity index (χ0n) is 43.6. The molecule has 0 bridgehead atoms. The molecule has 5 aromatic rings. The predicted octanol–water partition coefficient (Wildman–Crippen LogP) is 8.92. The van der Waals surface area contributed by atoms with Gasteiger partial charge in [-0.05, 0) is 91.0 Å². The van der Waals surface area contributed by atoms with Gasteiger partial charge in [0, 0.05) is 84.7 Å². The Morgan fingerprint density at radius 3 is 2.29 bits per heavy atom. The second-order valence-electron chi connectivity index (χ2n) is 22.0. The lowest BCUT2D eigenvalue weighted by molar-refractivity contribution is -0.144. The maximum Gasteiger partial charge on any atom is 0.246 e. The Hall–Kier alpha value is -6.37. The fraction of sp³-hybridized carbons (Fsp3) is 0.500. The quantitative estimate of drug-likeness (QED) is 0.0532. The molecule has 2 aliphatic heterocycles. The second kappa shape index (κ2) is 22.4. The van der Waals surface area contributed by atoms with E-state index in [1.165, 1.54) is 4.90 Å². The van der Waals surface area contributed by atoms with Crippen LogP contribution < -0.4 is 20.9 Å². The van der Waals surface area contributed by atoms with Crippen LogP contribution in [0.15, 0.2) is 60.1 Å². The van der Waals surface area contributed by atoms with Crippen molar-refractivity contribution in [2.75, 3.05) is 24.5 Å². The summed E-state index contributed by atoms with van der Waals surface area (Å²) >= 11 is 1.58. The number of aromatic amines is 1. The molecule has 386 valence electrons. The van der Waals surface area contributed by atoms with Crippen molar-refractivity contribution in [3.05, 3.63) is 105 Å². The Kier molecular flexibility index (Phi) is 16.2. The van der Waals surface area contributed by atoms with Gasteiger partial charge in [-0.2, -0.15) is 5.26 Å². The van der Waals surface area contributed by atoms with E-state index in [-0.39, 0.29) is 61.4 Å². The third kappa shape index (κ3) is 11.7. The molecule has 1 aliphatic carbocycles. The first-order chi connectivity index (χ1) is 34.9. The fourth-order valence-corrected chi connectivity index (χ4v) is 11.8. The number of nitrogens with zero attached hydrogens (tertiary/aromatic N) is 4. The summed E-state index contributed by atoms with van der Waals surface area (Å²) in [5, 5.41) is 30.2. The van der Waals surface area contributed by atoms with Gasteiger partial charge in [0.05, 0.1) is 39.4 Å². The fourth-order valence-electron chi connectivity index (χ4n) is 11.0. The summed E-state index contributed by atoms with van der Waals surface area (Å²) in [6.07, 6.45) is 7.64. The Morgan fingerprint density at radius 2 is 1.64 bits per heavy atom. The number of unbranched alkanes of at least 4 members (excludes halogenated alkanes) is 5. The number of β-amino-alcohol motifs (C(OH)–C–C–N with tert-alkyl or cyclic N) is 1. The SMILES string of the molecule is CCc1cc2c(cc1N1CCC(NC(=O)CCCCCCCCC(=O)NC(C(=O)N3C[C@H](O)C[C@H]3C(=O)NCc3ccc(-c4scnc4C)cc3)C(C)(C)C)CC1)C(C)(C)c1[nH]c3cc(C#N)ccc3c1C2=O. The van der Waals surface area contributed by atoms with Gasteiger partial charge in [-0.3, -0.25) is 24.0 Å². The standard InChI is InChI=1S/C58H72N8O6S/c1-8-38-28-43-44(58(6,7)53-50(51(43)70)42-22-19-37(31-59)27-45(42)63-53)30-46(38)65-25-23-40(24-26-65)62-48(68)15-13-11-9-10-12-14-16-49(69)64-54(57(3,4)5)56(72)66-33-41(67)29-47(66)55(71)60-32-36-17-20-39(21-18-36)52-35(2)61-34-73-52/h17-22,27-28,30,34,40-41,47,54,63,67H,8-16,23-26,29,32-33H2,1-7H3,(H,60,71)(H,62,68)(H,64,69)/t41-,47+,54?/m1/s1. The minimum atomic E-state index is -0.871. The number of aryl methyl sites for hydroxylation is 2. The average Bonchev–Trinajstić information content (AvgIpc) is 4.11. The van der Waals surface area contributed by atoms with Crippen molar-refractivity contribution in [2.45, 2.75) is 162 Å². The van der Waals surface area contributed by atoms with Gasteiger partial charge in [0.1, 0.15) is 12.1 Å². The lowest BCUT2D eigenvalue weighted by atomic mass is 9.70. The predicted molar refractivity (Wildman–Crippen MR) is 286 cm³/mol. The van der Waals surface area contributed by atoms with E-state index in [0.717, 1.165) is 125 Å². The number of aliphatic hydroxyl groups excluding tert-OH is 1. The van der Waals surface area contributed by atoms with Crippen LogP contribution in [0, 0.1) is 23.7 Å². The molecule has 5 N–H and O–H groups in total. The number of ketones is 1. The van der Waals surface area contributed by atoms with Gasteiger partial charge in [0.25, 0.3) is 0 Å². The lowest BCUT2D eigenvalue weighted by Crippen LogP contribution is -2.57. The zero-order valence-corrected chi connectivity index (χ0v) is 44.4. The molecule has 2 aromatic heterocycles. The molecule has 3 atom stereocenters. The summed E-state index contributed by atoms with van der Waals surface area (Å²) in [5.41, 5.74) is 10.6. The molecular formula is C58H72N8O6S. The molecule has 14 nitrogen and oxygen atoms in total. The van der Waals surface area contributed by atoms with Crippen LogP contribution in [0.3, 0.4) is 0 Å². The number of piperidine rings is 1. The van der Waals surface area contributed by atoms with Crippen LogP contribution in [0.25, 0.3) is 21.3 Å². The summed E-state index contributed by atoms with van der Waals surface area (Å²) in [7, 11) is 0. The van der Waals surface area contributed by atoms with Crippen molar-refractivity contribution in [3.8, 4) is 16.5 Å². The monoisotopic (exact) mass is 1010 g/mol. The number of hydrogen-bond donors (Lipinski definition) is 5. The van der Waals surface area contributed by atoms with E-state index < -0.39 is 29.0 Å². The number of aromatic nitrogens is 2. The van der Waals surface area contributed by atoms with Crippen molar-refractivity contribution in [2.24, 2.45) is 5.41 Å². The first-order valence-corrected chi connectivity index (χ1v) is 27.1. The minimum Gasteiger partial charge on any atom is -0.391 e. The zero-order chi connectivity index (χ0) is 52.2. The number of hydrogen-bond acceptors (Lipinski definition) is 10. The van der Waals surface area contributed by atoms with Crippen LogP contribution >= 0.6 is 11.3 Å². The highest BCUT2D eigenvalue weighted by Crippen LogP contribution is 2.46. The number of H-pyrrole nitrogens is 1. The summed E-state index contributed by atoms with van der Waals surface area (Å²) in [5.74, 6) is -0.838. The molecule has 3 aromatic carbocycles. The molecule has 3 aliphatic rings. The molecule has 2 fully saturated rings. The van der Waals surface area contributed by atoms with E-state index in [9.17, 15) is 34.3 Å². The molecule has 0 saturated carbocycles. The van der Waals surface area contributed by atoms with E-state index in [4.69, 9.17) is 0 Å². The van der Waals surface area contributed by atoms with Gasteiger partial charge in [-0.15, -0.1) is 11.3 Å². The van der Waals surface area contributed by atoms with E-state index >= 15 is 0 Å². The molecule has 0 radical (unpaired) electrons. The number of anilines is 1. The largest absolute Gasteiger partial charge is 0.391 e. The maximum absolute atomic E-state index is 14.1. The van der Waals surface area contributed by atoms with Crippen LogP contribution in [0.1, 0.15) is 162 Å². The Balaban J connectivity index is 0.731. The third-order valence-corrected chi connectivity index (χ3v) is 16.2. The average molecular weight is 1010 g/mol. The maximum atomic E-state index is 14.1. The molecule has 1 unspecified atom stereocenters. The highest BCUT2D eigenvalue weighted by molar-refractivity contribution is 7.13. The van der Waals surface area contributed by atoms with Crippen molar-refractivity contribution in [1.29, 1.82) is 5.26 Å². The van der Waals surface area contributed by atoms with E-state index in [2.05, 4.69) is 69.8 Å². The number of benzene rings is 3. The summed E-state index contributed by atoms with van der Waals surface area (Å²) in [6.45, 7) is 16.0. The van der Waals surface area contributed by atoms with E-state index in [1.807, 2.05) is 69.6 Å². The molecule has 4 amide bonds. The second-order valence-corrected chi connectivity index (χ2v) is 22.8. The first kappa shape index (κ1) is 52.9. The Bertz CT molecular complexity index is 2900. The first-order valence-electron chi connectivity index (χ1n) is 26.3. The van der Waals surface area contributed by atoms with Gasteiger partial charge in [-0.25, -0.2) is 4.98 Å². The van der Waals surface area contributed by atoms with Crippen molar-refractivity contribution in [1.82, 2.24) is 30.8 Å².